The molecule has 112 valence electrons. The third-order valence-corrected chi connectivity index (χ3v) is 3.45. The van der Waals surface area contributed by atoms with Crippen molar-refractivity contribution in [3.05, 3.63) is 30.5 Å². The summed E-state index contributed by atoms with van der Waals surface area (Å²) >= 11 is 1.24. The zero-order valence-electron chi connectivity index (χ0n) is 11.6. The Hall–Kier alpha value is -2.29. The van der Waals surface area contributed by atoms with Gasteiger partial charge >= 0.3 is 5.91 Å². The number of thioether (sulfide) groups is 1. The number of carbonyl (C=O) groups excluding carboxylic acids is 2. The first-order chi connectivity index (χ1) is 10.1. The van der Waals surface area contributed by atoms with Gasteiger partial charge in [0.2, 0.25) is 5.91 Å². The van der Waals surface area contributed by atoms with E-state index in [1.165, 1.54) is 24.1 Å². The lowest BCUT2D eigenvalue weighted by Gasteiger charge is -2.09. The summed E-state index contributed by atoms with van der Waals surface area (Å²) in [5.41, 5.74) is 4.57. The number of amides is 2. The summed E-state index contributed by atoms with van der Waals surface area (Å²) in [5, 5.41) is 8.40. The molecule has 2 heterocycles. The van der Waals surface area contributed by atoms with Gasteiger partial charge in [-0.05, 0) is 26.0 Å². The van der Waals surface area contributed by atoms with Crippen molar-refractivity contribution >= 4 is 23.6 Å². The molecule has 0 atom stereocenters. The van der Waals surface area contributed by atoms with E-state index in [0.717, 1.165) is 0 Å². The van der Waals surface area contributed by atoms with E-state index in [9.17, 15) is 9.59 Å². The van der Waals surface area contributed by atoms with Crippen molar-refractivity contribution in [3.63, 3.8) is 0 Å². The molecule has 0 radical (unpaired) electrons. The van der Waals surface area contributed by atoms with Crippen LogP contribution in [-0.4, -0.2) is 32.3 Å². The molecule has 0 spiro atoms. The van der Waals surface area contributed by atoms with Gasteiger partial charge in [0.25, 0.3) is 0 Å². The summed E-state index contributed by atoms with van der Waals surface area (Å²) in [6, 6.07) is 3.30. The van der Waals surface area contributed by atoms with Crippen LogP contribution in [0, 0.1) is 0 Å². The highest BCUT2D eigenvalue weighted by Gasteiger charge is 2.12. The minimum atomic E-state index is -0.510. The number of carbonyl (C=O) groups is 2. The monoisotopic (exact) mass is 309 g/mol. The molecule has 2 amide bonds. The van der Waals surface area contributed by atoms with E-state index in [1.54, 1.807) is 12.4 Å². The SMILES string of the molecule is CC(C)n1cnnc1SCC(=O)NNC(=O)c1ccco1. The lowest BCUT2D eigenvalue weighted by atomic mass is 10.4. The predicted octanol–water partition coefficient (Wildman–Crippen LogP) is 1.01. The van der Waals surface area contributed by atoms with E-state index in [-0.39, 0.29) is 23.5 Å². The third-order valence-electron chi connectivity index (χ3n) is 2.49. The lowest BCUT2D eigenvalue weighted by Crippen LogP contribution is -2.42. The van der Waals surface area contributed by atoms with E-state index in [1.807, 2.05) is 18.4 Å². The third kappa shape index (κ3) is 4.09. The summed E-state index contributed by atoms with van der Waals surface area (Å²) in [5.74, 6) is -0.617. The fourth-order valence-corrected chi connectivity index (χ4v) is 2.30. The van der Waals surface area contributed by atoms with E-state index >= 15 is 0 Å². The molecule has 2 aromatic rings. The first-order valence-corrected chi connectivity index (χ1v) is 7.21. The number of hydrogen-bond donors (Lipinski definition) is 2. The van der Waals surface area contributed by atoms with Gasteiger partial charge in [-0.2, -0.15) is 0 Å². The first kappa shape index (κ1) is 15.1. The molecular formula is C12H15N5O3S. The Kier molecular flexibility index (Phi) is 4.99. The average molecular weight is 309 g/mol. The topological polar surface area (TPSA) is 102 Å². The second-order valence-electron chi connectivity index (χ2n) is 4.38. The van der Waals surface area contributed by atoms with Crippen LogP contribution in [0.4, 0.5) is 0 Å². The van der Waals surface area contributed by atoms with Crippen LogP contribution in [0.15, 0.2) is 34.3 Å². The normalized spacial score (nSPS) is 10.6. The van der Waals surface area contributed by atoms with E-state index < -0.39 is 5.91 Å². The zero-order chi connectivity index (χ0) is 15.2. The Morgan fingerprint density at radius 2 is 2.24 bits per heavy atom. The van der Waals surface area contributed by atoms with Crippen molar-refractivity contribution in [1.82, 2.24) is 25.6 Å². The fourth-order valence-electron chi connectivity index (χ4n) is 1.45. The summed E-state index contributed by atoms with van der Waals surface area (Å²) in [6.07, 6.45) is 2.99. The van der Waals surface area contributed by atoms with Gasteiger partial charge in [0, 0.05) is 6.04 Å². The Balaban J connectivity index is 1.77. The van der Waals surface area contributed by atoms with Gasteiger partial charge < -0.3 is 8.98 Å². The number of aromatic nitrogens is 3. The molecule has 0 saturated carbocycles. The van der Waals surface area contributed by atoms with Gasteiger partial charge in [-0.1, -0.05) is 11.8 Å². The molecule has 0 aliphatic rings. The highest BCUT2D eigenvalue weighted by Crippen LogP contribution is 2.18. The Bertz CT molecular complexity index is 608. The van der Waals surface area contributed by atoms with E-state index in [0.29, 0.717) is 5.16 Å². The molecule has 2 rings (SSSR count). The summed E-state index contributed by atoms with van der Waals surface area (Å²) in [7, 11) is 0. The fraction of sp³-hybridized carbons (Fsp3) is 0.333. The van der Waals surface area contributed by atoms with Crippen LogP contribution in [0.1, 0.15) is 30.4 Å². The Morgan fingerprint density at radius 3 is 2.90 bits per heavy atom. The molecule has 0 aliphatic carbocycles. The second-order valence-corrected chi connectivity index (χ2v) is 5.33. The average Bonchev–Trinajstić information content (AvgIpc) is 3.12. The van der Waals surface area contributed by atoms with Crippen molar-refractivity contribution in [2.75, 3.05) is 5.75 Å². The number of nitrogens with zero attached hydrogens (tertiary/aromatic N) is 3. The van der Waals surface area contributed by atoms with E-state index in [4.69, 9.17) is 4.42 Å². The molecular weight excluding hydrogens is 294 g/mol. The van der Waals surface area contributed by atoms with Crippen LogP contribution in [0.25, 0.3) is 0 Å². The molecule has 2 aromatic heterocycles. The van der Waals surface area contributed by atoms with Crippen LogP contribution in [0.2, 0.25) is 0 Å². The number of hydrogen-bond acceptors (Lipinski definition) is 6. The maximum Gasteiger partial charge on any atom is 0.305 e. The molecule has 0 saturated heterocycles. The van der Waals surface area contributed by atoms with Crippen molar-refractivity contribution in [2.45, 2.75) is 25.0 Å². The molecule has 0 aromatic carbocycles. The largest absolute Gasteiger partial charge is 0.459 e. The smallest absolute Gasteiger partial charge is 0.305 e. The van der Waals surface area contributed by atoms with Crippen molar-refractivity contribution in [3.8, 4) is 0 Å². The molecule has 2 N–H and O–H groups in total. The predicted molar refractivity (Wildman–Crippen MR) is 75.4 cm³/mol. The van der Waals surface area contributed by atoms with Gasteiger partial charge in [-0.25, -0.2) is 0 Å². The van der Waals surface area contributed by atoms with Crippen LogP contribution in [0.3, 0.4) is 0 Å². The lowest BCUT2D eigenvalue weighted by molar-refractivity contribution is -0.119. The standard InChI is InChI=1S/C12H15N5O3S/c1-8(2)17-7-13-16-12(17)21-6-10(18)14-15-11(19)9-4-3-5-20-9/h3-5,7-8H,6H2,1-2H3,(H,14,18)(H,15,19). The van der Waals surface area contributed by atoms with Crippen LogP contribution in [-0.2, 0) is 4.79 Å². The summed E-state index contributed by atoms with van der Waals surface area (Å²) in [6.45, 7) is 3.99. The number of nitrogens with one attached hydrogen (secondary N) is 2. The Morgan fingerprint density at radius 1 is 1.43 bits per heavy atom. The molecule has 0 fully saturated rings. The van der Waals surface area contributed by atoms with Gasteiger partial charge in [0.05, 0.1) is 12.0 Å². The maximum atomic E-state index is 11.7. The summed E-state index contributed by atoms with van der Waals surface area (Å²) < 4.78 is 6.76. The molecule has 0 bridgehead atoms. The molecule has 9 heteroatoms. The zero-order valence-corrected chi connectivity index (χ0v) is 12.4. The van der Waals surface area contributed by atoms with Crippen LogP contribution in [0.5, 0.6) is 0 Å². The van der Waals surface area contributed by atoms with Gasteiger partial charge in [-0.3, -0.25) is 20.4 Å². The van der Waals surface area contributed by atoms with Gasteiger partial charge in [0.1, 0.15) is 6.33 Å². The van der Waals surface area contributed by atoms with Crippen molar-refractivity contribution in [2.24, 2.45) is 0 Å². The number of rotatable bonds is 5. The molecule has 21 heavy (non-hydrogen) atoms. The van der Waals surface area contributed by atoms with Gasteiger partial charge in [-0.15, -0.1) is 10.2 Å². The van der Waals surface area contributed by atoms with Crippen molar-refractivity contribution < 1.29 is 14.0 Å². The second kappa shape index (κ2) is 6.93. The van der Waals surface area contributed by atoms with Crippen molar-refractivity contribution in [1.29, 1.82) is 0 Å². The van der Waals surface area contributed by atoms with Crippen LogP contribution >= 0.6 is 11.8 Å². The highest BCUT2D eigenvalue weighted by atomic mass is 32.2. The maximum absolute atomic E-state index is 11.7. The molecule has 0 aliphatic heterocycles. The molecule has 8 nitrogen and oxygen atoms in total. The minimum absolute atomic E-state index is 0.115. The highest BCUT2D eigenvalue weighted by molar-refractivity contribution is 7.99. The van der Waals surface area contributed by atoms with Gasteiger partial charge in [0.15, 0.2) is 10.9 Å². The quantitative estimate of drug-likeness (QED) is 0.631. The number of furan rings is 1. The van der Waals surface area contributed by atoms with E-state index in [2.05, 4.69) is 21.0 Å². The minimum Gasteiger partial charge on any atom is -0.459 e. The first-order valence-electron chi connectivity index (χ1n) is 6.23. The number of hydrazine groups is 1. The Labute approximate surface area is 125 Å². The molecule has 0 unspecified atom stereocenters. The summed E-state index contributed by atoms with van der Waals surface area (Å²) in [4.78, 5) is 23.2. The van der Waals surface area contributed by atoms with Crippen LogP contribution < -0.4 is 10.9 Å².